The highest BCUT2D eigenvalue weighted by Gasteiger charge is 2.31. The first-order valence-corrected chi connectivity index (χ1v) is 8.84. The molecule has 3 amide bonds. The fraction of sp³-hybridized carbons (Fsp3) is 0.238. The van der Waals surface area contributed by atoms with Crippen molar-refractivity contribution in [1.82, 2.24) is 10.6 Å². The average molecular weight is 381 g/mol. The molecule has 0 fully saturated rings. The lowest BCUT2D eigenvalue weighted by molar-refractivity contribution is -0.113. The molecule has 7 nitrogen and oxygen atoms in total. The molecule has 0 aromatic heterocycles. The fourth-order valence-corrected chi connectivity index (χ4v) is 3.14. The Morgan fingerprint density at radius 2 is 1.86 bits per heavy atom. The Morgan fingerprint density at radius 1 is 1.11 bits per heavy atom. The van der Waals surface area contributed by atoms with Crippen molar-refractivity contribution in [2.45, 2.75) is 26.8 Å². The minimum absolute atomic E-state index is 0.0201. The first-order chi connectivity index (χ1) is 13.3. The van der Waals surface area contributed by atoms with Gasteiger partial charge < -0.3 is 25.8 Å². The molecule has 2 aromatic carbocycles. The highest BCUT2D eigenvalue weighted by atomic mass is 16.5. The number of aromatic hydroxyl groups is 1. The van der Waals surface area contributed by atoms with Crippen molar-refractivity contribution in [3.8, 4) is 11.5 Å². The summed E-state index contributed by atoms with van der Waals surface area (Å²) in [7, 11) is 1.44. The van der Waals surface area contributed by atoms with Gasteiger partial charge in [-0.25, -0.2) is 4.79 Å². The number of anilines is 1. The maximum atomic E-state index is 13.0. The van der Waals surface area contributed by atoms with Gasteiger partial charge in [0.15, 0.2) is 11.5 Å². The van der Waals surface area contributed by atoms with E-state index in [1.807, 2.05) is 32.0 Å². The fourth-order valence-electron chi connectivity index (χ4n) is 3.14. The van der Waals surface area contributed by atoms with Crippen molar-refractivity contribution in [1.29, 1.82) is 0 Å². The number of phenols is 1. The highest BCUT2D eigenvalue weighted by molar-refractivity contribution is 6.06. The van der Waals surface area contributed by atoms with E-state index in [4.69, 9.17) is 4.74 Å². The third-order valence-corrected chi connectivity index (χ3v) is 4.82. The third-order valence-electron chi connectivity index (χ3n) is 4.82. The number of aryl methyl sites for hydroxylation is 2. The summed E-state index contributed by atoms with van der Waals surface area (Å²) in [5.41, 5.74) is 4.33. The molecule has 1 atom stereocenters. The molecule has 0 spiro atoms. The molecule has 0 unspecified atom stereocenters. The smallest absolute Gasteiger partial charge is 0.319 e. The van der Waals surface area contributed by atoms with Crippen LogP contribution in [0.4, 0.5) is 10.5 Å². The van der Waals surface area contributed by atoms with Crippen LogP contribution in [0.2, 0.25) is 0 Å². The molecule has 0 aliphatic carbocycles. The number of phenolic OH excluding ortho intramolecular Hbond substituents is 1. The number of amides is 3. The number of carbonyl (C=O) groups excluding carboxylic acids is 2. The SMILES string of the molecule is COc1cc([C@H]2NC(=O)NC(C)=C2C(=O)Nc2ccc(C)c(C)c2)ccc1O. The summed E-state index contributed by atoms with van der Waals surface area (Å²) in [5.74, 6) is -0.0875. The monoisotopic (exact) mass is 381 g/mol. The zero-order valence-electron chi connectivity index (χ0n) is 16.2. The van der Waals surface area contributed by atoms with Crippen LogP contribution in [0.5, 0.6) is 11.5 Å². The molecule has 0 saturated heterocycles. The summed E-state index contributed by atoms with van der Waals surface area (Å²) in [6, 6.07) is 9.30. The van der Waals surface area contributed by atoms with Crippen molar-refractivity contribution in [2.24, 2.45) is 0 Å². The van der Waals surface area contributed by atoms with E-state index in [2.05, 4.69) is 16.0 Å². The van der Waals surface area contributed by atoms with Crippen molar-refractivity contribution in [3.63, 3.8) is 0 Å². The Morgan fingerprint density at radius 3 is 2.54 bits per heavy atom. The van der Waals surface area contributed by atoms with Crippen LogP contribution in [0.15, 0.2) is 47.7 Å². The highest BCUT2D eigenvalue weighted by Crippen LogP contribution is 2.33. The molecule has 146 valence electrons. The number of hydrogen-bond acceptors (Lipinski definition) is 4. The van der Waals surface area contributed by atoms with Crippen molar-refractivity contribution >= 4 is 17.6 Å². The number of nitrogens with one attached hydrogen (secondary N) is 3. The van der Waals surface area contributed by atoms with E-state index in [-0.39, 0.29) is 17.4 Å². The van der Waals surface area contributed by atoms with E-state index < -0.39 is 12.1 Å². The lowest BCUT2D eigenvalue weighted by Gasteiger charge is -2.29. The van der Waals surface area contributed by atoms with Gasteiger partial charge in [-0.15, -0.1) is 0 Å². The summed E-state index contributed by atoms with van der Waals surface area (Å²) in [6.07, 6.45) is 0. The maximum Gasteiger partial charge on any atom is 0.319 e. The van der Waals surface area contributed by atoms with Gasteiger partial charge in [0.2, 0.25) is 0 Å². The van der Waals surface area contributed by atoms with Crippen LogP contribution in [-0.4, -0.2) is 24.2 Å². The predicted molar refractivity (Wildman–Crippen MR) is 106 cm³/mol. The number of methoxy groups -OCH3 is 1. The molecule has 0 saturated carbocycles. The summed E-state index contributed by atoms with van der Waals surface area (Å²) >= 11 is 0. The van der Waals surface area contributed by atoms with E-state index in [1.54, 1.807) is 19.1 Å². The van der Waals surface area contributed by atoms with Gasteiger partial charge in [0.25, 0.3) is 5.91 Å². The molecule has 1 heterocycles. The van der Waals surface area contributed by atoms with Crippen LogP contribution in [0.1, 0.15) is 29.7 Å². The van der Waals surface area contributed by atoms with Crippen molar-refractivity contribution in [2.75, 3.05) is 12.4 Å². The largest absolute Gasteiger partial charge is 0.504 e. The number of carbonyl (C=O) groups is 2. The van der Waals surface area contributed by atoms with Crippen LogP contribution < -0.4 is 20.7 Å². The van der Waals surface area contributed by atoms with E-state index in [1.165, 1.54) is 13.2 Å². The van der Waals surface area contributed by atoms with Gasteiger partial charge in [-0.05, 0) is 61.7 Å². The molecule has 2 aromatic rings. The van der Waals surface area contributed by atoms with Crippen LogP contribution in [-0.2, 0) is 4.79 Å². The van der Waals surface area contributed by atoms with Crippen LogP contribution in [0.3, 0.4) is 0 Å². The van der Waals surface area contributed by atoms with Crippen LogP contribution in [0.25, 0.3) is 0 Å². The van der Waals surface area contributed by atoms with E-state index in [9.17, 15) is 14.7 Å². The van der Waals surface area contributed by atoms with Gasteiger partial charge >= 0.3 is 6.03 Å². The van der Waals surface area contributed by atoms with Crippen LogP contribution in [0, 0.1) is 13.8 Å². The second-order valence-electron chi connectivity index (χ2n) is 6.75. The zero-order chi connectivity index (χ0) is 20.4. The minimum atomic E-state index is -0.685. The summed E-state index contributed by atoms with van der Waals surface area (Å²) in [4.78, 5) is 25.1. The number of rotatable bonds is 4. The van der Waals surface area contributed by atoms with Gasteiger partial charge in [0, 0.05) is 11.4 Å². The lowest BCUT2D eigenvalue weighted by atomic mass is 9.94. The van der Waals surface area contributed by atoms with Gasteiger partial charge in [-0.2, -0.15) is 0 Å². The van der Waals surface area contributed by atoms with Gasteiger partial charge in [0.1, 0.15) is 0 Å². The molecular weight excluding hydrogens is 358 g/mol. The number of hydrogen-bond donors (Lipinski definition) is 4. The quantitative estimate of drug-likeness (QED) is 0.653. The second kappa shape index (κ2) is 7.64. The summed E-state index contributed by atoms with van der Waals surface area (Å²) < 4.78 is 5.15. The van der Waals surface area contributed by atoms with E-state index >= 15 is 0 Å². The number of urea groups is 1. The Kier molecular flexibility index (Phi) is 5.26. The molecule has 1 aliphatic rings. The topological polar surface area (TPSA) is 99.7 Å². The standard InChI is InChI=1S/C21H23N3O4/c1-11-5-7-15(9-12(11)2)23-20(26)18-13(3)22-21(27)24-19(18)14-6-8-16(25)17(10-14)28-4/h5-10,19,25H,1-4H3,(H,23,26)(H2,22,24,27)/t19-/m1/s1. The molecule has 3 rings (SSSR count). The number of benzene rings is 2. The Hall–Kier alpha value is -3.48. The van der Waals surface area contributed by atoms with E-state index in [0.717, 1.165) is 11.1 Å². The molecule has 28 heavy (non-hydrogen) atoms. The van der Waals surface area contributed by atoms with Gasteiger partial charge in [-0.3, -0.25) is 4.79 Å². The van der Waals surface area contributed by atoms with Crippen molar-refractivity contribution < 1.29 is 19.4 Å². The summed E-state index contributed by atoms with van der Waals surface area (Å²) in [5, 5.41) is 18.1. The maximum absolute atomic E-state index is 13.0. The molecule has 1 aliphatic heterocycles. The third kappa shape index (κ3) is 3.78. The first-order valence-electron chi connectivity index (χ1n) is 8.84. The molecule has 0 radical (unpaired) electrons. The first kappa shape index (κ1) is 19.3. The number of ether oxygens (including phenoxy) is 1. The minimum Gasteiger partial charge on any atom is -0.504 e. The molecule has 4 N–H and O–H groups in total. The van der Waals surface area contributed by atoms with Crippen molar-refractivity contribution in [3.05, 3.63) is 64.4 Å². The van der Waals surface area contributed by atoms with E-state index in [0.29, 0.717) is 22.5 Å². The Balaban J connectivity index is 1.97. The molecular formula is C21H23N3O4. The molecule has 0 bridgehead atoms. The number of allylic oxidation sites excluding steroid dienone is 1. The molecule has 7 heteroatoms. The Labute approximate surface area is 163 Å². The lowest BCUT2D eigenvalue weighted by Crippen LogP contribution is -2.45. The predicted octanol–water partition coefficient (Wildman–Crippen LogP) is 3.28. The average Bonchev–Trinajstić information content (AvgIpc) is 2.64. The van der Waals surface area contributed by atoms with Crippen LogP contribution >= 0.6 is 0 Å². The normalized spacial score (nSPS) is 16.3. The van der Waals surface area contributed by atoms with Gasteiger partial charge in [-0.1, -0.05) is 12.1 Å². The second-order valence-corrected chi connectivity index (χ2v) is 6.75. The Bertz CT molecular complexity index is 982. The van der Waals surface area contributed by atoms with Gasteiger partial charge in [0.05, 0.1) is 18.7 Å². The summed E-state index contributed by atoms with van der Waals surface area (Å²) in [6.45, 7) is 5.66. The zero-order valence-corrected chi connectivity index (χ0v) is 16.2.